The van der Waals surface area contributed by atoms with Gasteiger partial charge >= 0.3 is 6.03 Å². The van der Waals surface area contributed by atoms with E-state index in [-0.39, 0.29) is 11.7 Å². The largest absolute Gasteiger partial charge is 0.322 e. The zero-order valence-electron chi connectivity index (χ0n) is 13.4. The number of aryl methyl sites for hydroxylation is 1. The Morgan fingerprint density at radius 1 is 1.29 bits per heavy atom. The minimum absolute atomic E-state index is 0.0280. The Morgan fingerprint density at radius 2 is 2.00 bits per heavy atom. The van der Waals surface area contributed by atoms with Crippen LogP contribution in [0.2, 0.25) is 0 Å². The van der Waals surface area contributed by atoms with Crippen LogP contribution >= 0.6 is 0 Å². The van der Waals surface area contributed by atoms with Crippen molar-refractivity contribution < 1.29 is 9.72 Å². The molecule has 0 saturated carbocycles. The number of rotatable bonds is 6. The van der Waals surface area contributed by atoms with Gasteiger partial charge in [-0.3, -0.25) is 10.1 Å². The molecule has 124 valence electrons. The number of carbonyl (C=O) groups is 1. The van der Waals surface area contributed by atoms with Crippen LogP contribution in [0, 0.1) is 17.0 Å². The molecule has 0 atom stereocenters. The first-order valence-corrected chi connectivity index (χ1v) is 7.47. The van der Waals surface area contributed by atoms with Gasteiger partial charge in [0.1, 0.15) is 0 Å². The first kappa shape index (κ1) is 17.2. The highest BCUT2D eigenvalue weighted by Gasteiger charge is 2.15. The van der Waals surface area contributed by atoms with E-state index in [1.165, 1.54) is 12.1 Å². The van der Waals surface area contributed by atoms with Crippen molar-refractivity contribution in [3.05, 3.63) is 82.4 Å². The summed E-state index contributed by atoms with van der Waals surface area (Å²) in [6, 6.07) is 13.9. The predicted octanol–water partition coefficient (Wildman–Crippen LogP) is 4.12. The van der Waals surface area contributed by atoms with Gasteiger partial charge in [-0.05, 0) is 24.6 Å². The lowest BCUT2D eigenvalue weighted by atomic mass is 10.2. The molecule has 0 aliphatic carbocycles. The number of carbonyl (C=O) groups excluding carboxylic acids is 1. The average Bonchev–Trinajstić information content (AvgIpc) is 2.55. The van der Waals surface area contributed by atoms with E-state index in [1.807, 2.05) is 30.3 Å². The van der Waals surface area contributed by atoms with Gasteiger partial charge in [0.25, 0.3) is 5.69 Å². The van der Waals surface area contributed by atoms with Crippen LogP contribution in [0.15, 0.2) is 61.2 Å². The molecular formula is C18H19N3O3. The highest BCUT2D eigenvalue weighted by atomic mass is 16.6. The predicted molar refractivity (Wildman–Crippen MR) is 93.9 cm³/mol. The first-order valence-electron chi connectivity index (χ1n) is 7.47. The normalized spacial score (nSPS) is 10.0. The van der Waals surface area contributed by atoms with E-state index in [0.717, 1.165) is 5.56 Å². The zero-order valence-corrected chi connectivity index (χ0v) is 13.4. The first-order chi connectivity index (χ1) is 11.5. The Morgan fingerprint density at radius 3 is 2.58 bits per heavy atom. The highest BCUT2D eigenvalue weighted by Crippen LogP contribution is 2.22. The van der Waals surface area contributed by atoms with Gasteiger partial charge in [-0.2, -0.15) is 0 Å². The third-order valence-electron chi connectivity index (χ3n) is 3.50. The van der Waals surface area contributed by atoms with Crippen LogP contribution < -0.4 is 5.32 Å². The minimum Gasteiger partial charge on any atom is -0.316 e. The van der Waals surface area contributed by atoms with E-state index in [9.17, 15) is 14.9 Å². The van der Waals surface area contributed by atoms with Crippen LogP contribution in [-0.2, 0) is 6.54 Å². The van der Waals surface area contributed by atoms with Gasteiger partial charge in [0.2, 0.25) is 0 Å². The van der Waals surface area contributed by atoms with Gasteiger partial charge in [0, 0.05) is 30.4 Å². The van der Waals surface area contributed by atoms with Crippen LogP contribution in [0.25, 0.3) is 0 Å². The number of nitro benzene ring substituents is 1. The SMILES string of the molecule is C=CCN(Cc1ccccc1)C(=O)Nc1ccc([N+](=O)[O-])c(C)c1. The Bertz CT molecular complexity index is 744. The Hall–Kier alpha value is -3.15. The molecule has 0 saturated heterocycles. The van der Waals surface area contributed by atoms with E-state index in [2.05, 4.69) is 11.9 Å². The van der Waals surface area contributed by atoms with Crippen LogP contribution in [0.5, 0.6) is 0 Å². The van der Waals surface area contributed by atoms with E-state index < -0.39 is 4.92 Å². The molecule has 0 heterocycles. The molecule has 0 fully saturated rings. The molecule has 0 aliphatic rings. The maximum atomic E-state index is 12.5. The Kier molecular flexibility index (Phi) is 5.68. The van der Waals surface area contributed by atoms with Gasteiger partial charge in [-0.1, -0.05) is 36.4 Å². The molecule has 6 heteroatoms. The van der Waals surface area contributed by atoms with Gasteiger partial charge in [-0.15, -0.1) is 6.58 Å². The molecule has 0 aliphatic heterocycles. The van der Waals surface area contributed by atoms with E-state index >= 15 is 0 Å². The smallest absolute Gasteiger partial charge is 0.316 e. The molecule has 2 rings (SSSR count). The van der Waals surface area contributed by atoms with E-state index in [0.29, 0.717) is 24.3 Å². The number of nitrogens with zero attached hydrogens (tertiary/aromatic N) is 2. The lowest BCUT2D eigenvalue weighted by Gasteiger charge is -2.22. The number of anilines is 1. The van der Waals surface area contributed by atoms with Crippen LogP contribution in [0.3, 0.4) is 0 Å². The summed E-state index contributed by atoms with van der Waals surface area (Å²) in [6.45, 7) is 6.16. The molecule has 0 radical (unpaired) electrons. The Balaban J connectivity index is 2.11. The molecule has 2 aromatic rings. The third-order valence-corrected chi connectivity index (χ3v) is 3.50. The van der Waals surface area contributed by atoms with Crippen molar-refractivity contribution in [3.8, 4) is 0 Å². The molecular weight excluding hydrogens is 306 g/mol. The van der Waals surface area contributed by atoms with Gasteiger partial charge in [0.05, 0.1) is 4.92 Å². The second-order valence-electron chi connectivity index (χ2n) is 5.34. The maximum absolute atomic E-state index is 12.5. The fourth-order valence-electron chi connectivity index (χ4n) is 2.32. The molecule has 24 heavy (non-hydrogen) atoms. The third kappa shape index (κ3) is 4.42. The number of hydrogen-bond donors (Lipinski definition) is 1. The highest BCUT2D eigenvalue weighted by molar-refractivity contribution is 5.89. The number of amides is 2. The average molecular weight is 325 g/mol. The molecule has 2 amide bonds. The summed E-state index contributed by atoms with van der Waals surface area (Å²) in [7, 11) is 0. The maximum Gasteiger partial charge on any atom is 0.322 e. The van der Waals surface area contributed by atoms with Crippen LogP contribution in [0.1, 0.15) is 11.1 Å². The van der Waals surface area contributed by atoms with Gasteiger partial charge in [0.15, 0.2) is 0 Å². The molecule has 0 unspecified atom stereocenters. The summed E-state index contributed by atoms with van der Waals surface area (Å²) < 4.78 is 0. The number of urea groups is 1. The summed E-state index contributed by atoms with van der Waals surface area (Å²) in [5, 5.41) is 13.6. The molecule has 2 aromatic carbocycles. The monoisotopic (exact) mass is 325 g/mol. The quantitative estimate of drug-likeness (QED) is 0.493. The number of nitro groups is 1. The second kappa shape index (κ2) is 7.92. The zero-order chi connectivity index (χ0) is 17.5. The van der Waals surface area contributed by atoms with Crippen LogP contribution in [0.4, 0.5) is 16.2 Å². The molecule has 0 aromatic heterocycles. The summed E-state index contributed by atoms with van der Waals surface area (Å²) in [4.78, 5) is 24.5. The van der Waals surface area contributed by atoms with Crippen molar-refractivity contribution in [1.82, 2.24) is 4.90 Å². The Labute approximate surface area is 140 Å². The standard InChI is InChI=1S/C18H19N3O3/c1-3-11-20(13-15-7-5-4-6-8-15)18(22)19-16-9-10-17(21(23)24)14(2)12-16/h3-10,12H,1,11,13H2,2H3,(H,19,22). The topological polar surface area (TPSA) is 75.5 Å². The second-order valence-corrected chi connectivity index (χ2v) is 5.34. The molecule has 0 spiro atoms. The number of benzene rings is 2. The molecule has 0 bridgehead atoms. The molecule has 1 N–H and O–H groups in total. The fraction of sp³-hybridized carbons (Fsp3) is 0.167. The summed E-state index contributed by atoms with van der Waals surface area (Å²) in [6.07, 6.45) is 1.66. The summed E-state index contributed by atoms with van der Waals surface area (Å²) in [5.41, 5.74) is 2.05. The van der Waals surface area contributed by atoms with Gasteiger partial charge < -0.3 is 10.2 Å². The van der Waals surface area contributed by atoms with Crippen molar-refractivity contribution in [2.24, 2.45) is 0 Å². The van der Waals surface area contributed by atoms with E-state index in [4.69, 9.17) is 0 Å². The van der Waals surface area contributed by atoms with Crippen molar-refractivity contribution in [2.45, 2.75) is 13.5 Å². The fourth-order valence-corrected chi connectivity index (χ4v) is 2.32. The number of hydrogen-bond acceptors (Lipinski definition) is 3. The minimum atomic E-state index is -0.444. The van der Waals surface area contributed by atoms with Crippen molar-refractivity contribution >= 4 is 17.4 Å². The van der Waals surface area contributed by atoms with Crippen LogP contribution in [-0.4, -0.2) is 22.4 Å². The molecule has 6 nitrogen and oxygen atoms in total. The van der Waals surface area contributed by atoms with Crippen molar-refractivity contribution in [3.63, 3.8) is 0 Å². The van der Waals surface area contributed by atoms with E-state index in [1.54, 1.807) is 24.0 Å². The number of nitrogens with one attached hydrogen (secondary N) is 1. The lowest BCUT2D eigenvalue weighted by Crippen LogP contribution is -2.34. The van der Waals surface area contributed by atoms with Crippen molar-refractivity contribution in [2.75, 3.05) is 11.9 Å². The summed E-state index contributed by atoms with van der Waals surface area (Å²) >= 11 is 0. The van der Waals surface area contributed by atoms with Crippen molar-refractivity contribution in [1.29, 1.82) is 0 Å². The summed E-state index contributed by atoms with van der Waals surface area (Å²) in [5.74, 6) is 0. The lowest BCUT2D eigenvalue weighted by molar-refractivity contribution is -0.385. The van der Waals surface area contributed by atoms with Gasteiger partial charge in [-0.25, -0.2) is 4.79 Å².